The molecule has 0 radical (unpaired) electrons. The van der Waals surface area contributed by atoms with Crippen LogP contribution in [-0.2, 0) is 16.0 Å². The summed E-state index contributed by atoms with van der Waals surface area (Å²) >= 11 is 0. The van der Waals surface area contributed by atoms with Gasteiger partial charge in [-0.15, -0.1) is 0 Å². The van der Waals surface area contributed by atoms with Crippen LogP contribution in [-0.4, -0.2) is 66.6 Å². The van der Waals surface area contributed by atoms with Crippen LogP contribution in [0.3, 0.4) is 0 Å². The van der Waals surface area contributed by atoms with E-state index >= 15 is 0 Å². The minimum absolute atomic E-state index is 0.0130. The van der Waals surface area contributed by atoms with E-state index in [2.05, 4.69) is 15.5 Å². The summed E-state index contributed by atoms with van der Waals surface area (Å²) in [4.78, 5) is 30.2. The fourth-order valence-corrected chi connectivity index (χ4v) is 6.56. The lowest BCUT2D eigenvalue weighted by atomic mass is 9.89. The highest BCUT2D eigenvalue weighted by Crippen LogP contribution is 2.34. The van der Waals surface area contributed by atoms with Gasteiger partial charge >= 0.3 is 0 Å². The normalized spacial score (nSPS) is 14.6. The summed E-state index contributed by atoms with van der Waals surface area (Å²) in [6.45, 7) is 8.24. The third-order valence-electron chi connectivity index (χ3n) is 9.02. The van der Waals surface area contributed by atoms with Gasteiger partial charge in [-0.2, -0.15) is 0 Å². The number of ketones is 2. The maximum absolute atomic E-state index is 14.0. The molecule has 0 amide bonds. The standard InChI is InChI=1S/C37H40N2O4/c1-37(2,38-18-7-4-8-19-38)36(41)28-15-17-34-32(25-28)31-24-27(14-16-33(31)39(34)20-21-43-23-22-42-3)35(40)30-13-9-11-26-10-5-6-12-29(26)30/h5-6,9-17,24-25H,4,7-8,18-23H2,1-3H3. The molecular weight excluding hydrogens is 536 g/mol. The second-order valence-corrected chi connectivity index (χ2v) is 12.0. The monoisotopic (exact) mass is 576 g/mol. The number of hydrogen-bond acceptors (Lipinski definition) is 5. The topological polar surface area (TPSA) is 60.8 Å². The highest BCUT2D eigenvalue weighted by Gasteiger charge is 2.36. The van der Waals surface area contributed by atoms with E-state index in [4.69, 9.17) is 9.47 Å². The quantitative estimate of drug-likeness (QED) is 0.122. The average molecular weight is 577 g/mol. The molecule has 6 heteroatoms. The highest BCUT2D eigenvalue weighted by molar-refractivity contribution is 6.19. The first kappa shape index (κ1) is 29.2. The van der Waals surface area contributed by atoms with Crippen LogP contribution in [0.1, 0.15) is 59.4 Å². The largest absolute Gasteiger partial charge is 0.382 e. The Bertz CT molecular complexity index is 1790. The van der Waals surface area contributed by atoms with Gasteiger partial charge in [0.15, 0.2) is 11.6 Å². The first-order chi connectivity index (χ1) is 20.9. The molecule has 1 fully saturated rings. The number of carbonyl (C=O) groups excluding carboxylic acids is 2. The molecule has 2 heterocycles. The van der Waals surface area contributed by atoms with Crippen molar-refractivity contribution in [1.82, 2.24) is 9.47 Å². The third-order valence-corrected chi connectivity index (χ3v) is 9.02. The fraction of sp³-hybridized carbons (Fsp3) is 0.351. The molecule has 4 aromatic carbocycles. The minimum atomic E-state index is -0.586. The Kier molecular flexibility index (Phi) is 8.44. The van der Waals surface area contributed by atoms with E-state index in [-0.39, 0.29) is 11.6 Å². The first-order valence-corrected chi connectivity index (χ1v) is 15.3. The Balaban J connectivity index is 1.43. The third kappa shape index (κ3) is 5.63. The van der Waals surface area contributed by atoms with Gasteiger partial charge in [0.05, 0.1) is 25.4 Å². The average Bonchev–Trinajstić information content (AvgIpc) is 3.36. The van der Waals surface area contributed by atoms with E-state index in [0.29, 0.717) is 43.1 Å². The van der Waals surface area contributed by atoms with Crippen LogP contribution in [0.25, 0.3) is 32.6 Å². The second kappa shape index (κ2) is 12.4. The number of carbonyl (C=O) groups is 2. The van der Waals surface area contributed by atoms with Crippen LogP contribution in [0.4, 0.5) is 0 Å². The number of nitrogens with zero attached hydrogens (tertiary/aromatic N) is 2. The number of methoxy groups -OCH3 is 1. The number of ether oxygens (including phenoxy) is 2. The van der Waals surface area contributed by atoms with E-state index in [0.717, 1.165) is 58.5 Å². The van der Waals surface area contributed by atoms with Gasteiger partial charge in [-0.05, 0) is 86.9 Å². The van der Waals surface area contributed by atoms with Gasteiger partial charge in [-0.25, -0.2) is 0 Å². The maximum Gasteiger partial charge on any atom is 0.193 e. The maximum atomic E-state index is 14.0. The van der Waals surface area contributed by atoms with Crippen LogP contribution in [0.5, 0.6) is 0 Å². The van der Waals surface area contributed by atoms with E-state index in [1.54, 1.807) is 7.11 Å². The van der Waals surface area contributed by atoms with Crippen molar-refractivity contribution >= 4 is 44.1 Å². The molecule has 6 nitrogen and oxygen atoms in total. The molecule has 0 spiro atoms. The Labute approximate surface area is 253 Å². The Morgan fingerprint density at radius 3 is 2.16 bits per heavy atom. The number of fused-ring (bicyclic) bond motifs is 4. The number of aromatic nitrogens is 1. The molecule has 1 saturated heterocycles. The number of Topliss-reactive ketones (excluding diaryl/α,β-unsaturated/α-hetero) is 1. The minimum Gasteiger partial charge on any atom is -0.382 e. The summed E-state index contributed by atoms with van der Waals surface area (Å²) in [7, 11) is 1.67. The molecule has 222 valence electrons. The van der Waals surface area contributed by atoms with Crippen LogP contribution in [0, 0.1) is 0 Å². The van der Waals surface area contributed by atoms with Gasteiger partial charge in [-0.3, -0.25) is 14.5 Å². The predicted molar refractivity (Wildman–Crippen MR) is 173 cm³/mol. The van der Waals surface area contributed by atoms with Crippen molar-refractivity contribution in [2.75, 3.05) is 40.0 Å². The molecule has 1 aliphatic rings. The van der Waals surface area contributed by atoms with E-state index in [9.17, 15) is 9.59 Å². The lowest BCUT2D eigenvalue weighted by molar-refractivity contribution is 0.0579. The summed E-state index contributed by atoms with van der Waals surface area (Å²) < 4.78 is 13.2. The molecular formula is C37H40N2O4. The molecule has 0 aliphatic carbocycles. The second-order valence-electron chi connectivity index (χ2n) is 12.0. The SMILES string of the molecule is COCCOCCn1c2ccc(C(=O)c3cccc4ccccc34)cc2c2cc(C(=O)C(C)(C)N3CCCCC3)ccc21. The van der Waals surface area contributed by atoms with Gasteiger partial charge < -0.3 is 14.0 Å². The van der Waals surface area contributed by atoms with Crippen LogP contribution < -0.4 is 0 Å². The van der Waals surface area contributed by atoms with Gasteiger partial charge in [0.1, 0.15) is 0 Å². The van der Waals surface area contributed by atoms with Crippen molar-refractivity contribution < 1.29 is 19.1 Å². The summed E-state index contributed by atoms with van der Waals surface area (Å²) in [5.74, 6) is 0.115. The van der Waals surface area contributed by atoms with Crippen LogP contribution >= 0.6 is 0 Å². The highest BCUT2D eigenvalue weighted by atomic mass is 16.5. The summed E-state index contributed by atoms with van der Waals surface area (Å²) in [6, 6.07) is 25.8. The van der Waals surface area contributed by atoms with E-state index in [1.807, 2.05) is 86.6 Å². The Morgan fingerprint density at radius 2 is 1.42 bits per heavy atom. The molecule has 0 atom stereocenters. The van der Waals surface area contributed by atoms with Gasteiger partial charge in [0, 0.05) is 52.2 Å². The Morgan fingerprint density at radius 1 is 0.744 bits per heavy atom. The molecule has 0 N–H and O–H groups in total. The Hall–Kier alpha value is -3.84. The molecule has 0 bridgehead atoms. The van der Waals surface area contributed by atoms with E-state index < -0.39 is 5.54 Å². The molecule has 1 aromatic heterocycles. The van der Waals surface area contributed by atoms with Crippen molar-refractivity contribution in [2.24, 2.45) is 0 Å². The van der Waals surface area contributed by atoms with E-state index in [1.165, 1.54) is 6.42 Å². The van der Waals surface area contributed by atoms with Crippen molar-refractivity contribution in [3.05, 3.63) is 95.6 Å². The molecule has 0 saturated carbocycles. The van der Waals surface area contributed by atoms with Crippen molar-refractivity contribution in [2.45, 2.75) is 45.2 Å². The summed E-state index contributed by atoms with van der Waals surface area (Å²) in [5, 5.41) is 3.92. The van der Waals surface area contributed by atoms with Gasteiger partial charge in [-0.1, -0.05) is 48.9 Å². The van der Waals surface area contributed by atoms with Crippen molar-refractivity contribution in [3.8, 4) is 0 Å². The fourth-order valence-electron chi connectivity index (χ4n) is 6.56. The lowest BCUT2D eigenvalue weighted by Crippen LogP contribution is -2.52. The molecule has 43 heavy (non-hydrogen) atoms. The summed E-state index contributed by atoms with van der Waals surface area (Å²) in [6.07, 6.45) is 3.48. The summed E-state index contributed by atoms with van der Waals surface area (Å²) in [5.41, 5.74) is 3.46. The van der Waals surface area contributed by atoms with Crippen LogP contribution in [0.2, 0.25) is 0 Å². The smallest absolute Gasteiger partial charge is 0.193 e. The molecule has 0 unspecified atom stereocenters. The number of benzene rings is 4. The van der Waals surface area contributed by atoms with Crippen molar-refractivity contribution in [3.63, 3.8) is 0 Å². The lowest BCUT2D eigenvalue weighted by Gasteiger charge is -2.39. The number of hydrogen-bond donors (Lipinski definition) is 0. The van der Waals surface area contributed by atoms with Gasteiger partial charge in [0.2, 0.25) is 0 Å². The molecule has 6 rings (SSSR count). The number of likely N-dealkylation sites (tertiary alicyclic amines) is 1. The molecule has 1 aliphatic heterocycles. The van der Waals surface area contributed by atoms with Gasteiger partial charge in [0.25, 0.3) is 0 Å². The number of piperidine rings is 1. The zero-order chi connectivity index (χ0) is 30.0. The van der Waals surface area contributed by atoms with Crippen molar-refractivity contribution in [1.29, 1.82) is 0 Å². The first-order valence-electron chi connectivity index (χ1n) is 15.3. The zero-order valence-corrected chi connectivity index (χ0v) is 25.4. The van der Waals surface area contributed by atoms with Crippen LogP contribution in [0.15, 0.2) is 78.9 Å². The number of rotatable bonds is 11. The zero-order valence-electron chi connectivity index (χ0n) is 25.4. The molecule has 5 aromatic rings. The predicted octanol–water partition coefficient (Wildman–Crippen LogP) is 7.29.